The number of aryl methyl sites for hydroxylation is 1. The van der Waals surface area contributed by atoms with Crippen LogP contribution in [-0.4, -0.2) is 24.4 Å². The van der Waals surface area contributed by atoms with Crippen LogP contribution in [0.2, 0.25) is 0 Å². The van der Waals surface area contributed by atoms with Crippen LogP contribution in [0.5, 0.6) is 0 Å². The van der Waals surface area contributed by atoms with Crippen molar-refractivity contribution in [2.24, 2.45) is 0 Å². The number of anilines is 2. The molecule has 1 heterocycles. The van der Waals surface area contributed by atoms with Gasteiger partial charge in [0.15, 0.2) is 0 Å². The Morgan fingerprint density at radius 3 is 2.77 bits per heavy atom. The van der Waals surface area contributed by atoms with E-state index in [9.17, 15) is 14.4 Å². The maximum absolute atomic E-state index is 12.6. The largest absolute Gasteiger partial charge is 0.462 e. The third-order valence-corrected chi connectivity index (χ3v) is 4.16. The number of amides is 2. The summed E-state index contributed by atoms with van der Waals surface area (Å²) in [7, 11) is 0. The Kier molecular flexibility index (Phi) is 5.31. The van der Waals surface area contributed by atoms with Crippen molar-refractivity contribution in [1.29, 1.82) is 0 Å². The fraction of sp³-hybridized carbons (Fsp3) is 0.250. The number of ether oxygens (including phenoxy) is 1. The second-order valence-electron chi connectivity index (χ2n) is 5.99. The predicted molar refractivity (Wildman–Crippen MR) is 98.4 cm³/mol. The van der Waals surface area contributed by atoms with Gasteiger partial charge in [0.2, 0.25) is 5.91 Å². The van der Waals surface area contributed by atoms with Gasteiger partial charge in [0.1, 0.15) is 0 Å². The van der Waals surface area contributed by atoms with Gasteiger partial charge in [0, 0.05) is 17.7 Å². The molecule has 3 rings (SSSR count). The summed E-state index contributed by atoms with van der Waals surface area (Å²) in [5.41, 5.74) is 2.86. The molecule has 0 spiro atoms. The summed E-state index contributed by atoms with van der Waals surface area (Å²) >= 11 is 0. The summed E-state index contributed by atoms with van der Waals surface area (Å²) in [5, 5.41) is 5.61. The van der Waals surface area contributed by atoms with E-state index in [-0.39, 0.29) is 18.4 Å². The molecule has 0 aromatic heterocycles. The zero-order valence-electron chi connectivity index (χ0n) is 14.5. The number of rotatable bonds is 4. The van der Waals surface area contributed by atoms with Crippen molar-refractivity contribution < 1.29 is 19.1 Å². The first-order chi connectivity index (χ1) is 12.6. The summed E-state index contributed by atoms with van der Waals surface area (Å²) in [6, 6.07) is 11.9. The molecule has 26 heavy (non-hydrogen) atoms. The number of hydrogen-bond donors (Lipinski definition) is 2. The first kappa shape index (κ1) is 17.7. The van der Waals surface area contributed by atoms with Crippen LogP contribution in [0.3, 0.4) is 0 Å². The van der Waals surface area contributed by atoms with Crippen LogP contribution in [0, 0.1) is 0 Å². The topological polar surface area (TPSA) is 84.5 Å². The summed E-state index contributed by atoms with van der Waals surface area (Å²) in [6.45, 7) is 1.99. The van der Waals surface area contributed by atoms with Gasteiger partial charge in [-0.25, -0.2) is 4.79 Å². The molecule has 0 unspecified atom stereocenters. The minimum Gasteiger partial charge on any atom is -0.462 e. The molecule has 2 aromatic rings. The zero-order valence-corrected chi connectivity index (χ0v) is 14.5. The molecule has 2 N–H and O–H groups in total. The molecule has 0 saturated carbocycles. The smallest absolute Gasteiger partial charge is 0.340 e. The van der Waals surface area contributed by atoms with E-state index in [1.54, 1.807) is 49.4 Å². The molecule has 0 bridgehead atoms. The average molecular weight is 352 g/mol. The first-order valence-electron chi connectivity index (χ1n) is 8.58. The van der Waals surface area contributed by atoms with Crippen molar-refractivity contribution in [3.05, 3.63) is 59.2 Å². The average Bonchev–Trinajstić information content (AvgIpc) is 2.82. The van der Waals surface area contributed by atoms with Gasteiger partial charge in [-0.15, -0.1) is 0 Å². The van der Waals surface area contributed by atoms with Gasteiger partial charge in [0.05, 0.1) is 17.9 Å². The Morgan fingerprint density at radius 2 is 1.96 bits per heavy atom. The number of esters is 1. The molecule has 2 aromatic carbocycles. The van der Waals surface area contributed by atoms with Crippen LogP contribution in [0.25, 0.3) is 0 Å². The van der Waals surface area contributed by atoms with E-state index in [4.69, 9.17) is 4.74 Å². The molecule has 6 heteroatoms. The minimum atomic E-state index is -0.479. The zero-order chi connectivity index (χ0) is 18.5. The van der Waals surface area contributed by atoms with E-state index >= 15 is 0 Å². The quantitative estimate of drug-likeness (QED) is 0.826. The molecule has 134 valence electrons. The standard InChI is InChI=1S/C20H20N2O4/c1-2-26-20(25)15-7-3-4-8-17(15)22-19(24)14-10-11-16-13(12-14)6-5-9-18(23)21-16/h3-4,7-8,10-12H,2,5-6,9H2,1H3,(H,21,23)(H,22,24). The van der Waals surface area contributed by atoms with Crippen LogP contribution >= 0.6 is 0 Å². The van der Waals surface area contributed by atoms with E-state index in [1.807, 2.05) is 0 Å². The van der Waals surface area contributed by atoms with Gasteiger partial charge in [-0.1, -0.05) is 12.1 Å². The normalized spacial score (nSPS) is 13.2. The van der Waals surface area contributed by atoms with E-state index < -0.39 is 5.97 Å². The lowest BCUT2D eigenvalue weighted by atomic mass is 10.0. The highest BCUT2D eigenvalue weighted by molar-refractivity contribution is 6.08. The van der Waals surface area contributed by atoms with Crippen molar-refractivity contribution in [3.63, 3.8) is 0 Å². The van der Waals surface area contributed by atoms with E-state index in [1.165, 1.54) is 0 Å². The van der Waals surface area contributed by atoms with E-state index in [0.717, 1.165) is 24.1 Å². The highest BCUT2D eigenvalue weighted by Gasteiger charge is 2.17. The van der Waals surface area contributed by atoms with Crippen molar-refractivity contribution in [1.82, 2.24) is 0 Å². The lowest BCUT2D eigenvalue weighted by Crippen LogP contribution is -2.16. The maximum Gasteiger partial charge on any atom is 0.340 e. The van der Waals surface area contributed by atoms with E-state index in [0.29, 0.717) is 23.2 Å². The van der Waals surface area contributed by atoms with Gasteiger partial charge in [-0.3, -0.25) is 9.59 Å². The second kappa shape index (κ2) is 7.82. The van der Waals surface area contributed by atoms with Gasteiger partial charge in [-0.2, -0.15) is 0 Å². The molecular formula is C20H20N2O4. The molecule has 0 saturated heterocycles. The summed E-state index contributed by atoms with van der Waals surface area (Å²) in [6.07, 6.45) is 1.95. The molecule has 0 aliphatic carbocycles. The lowest BCUT2D eigenvalue weighted by Gasteiger charge is -2.12. The Bertz CT molecular complexity index is 861. The number of nitrogens with one attached hydrogen (secondary N) is 2. The van der Waals surface area contributed by atoms with Crippen LogP contribution in [0.15, 0.2) is 42.5 Å². The molecule has 1 aliphatic heterocycles. The van der Waals surface area contributed by atoms with Crippen molar-refractivity contribution in [3.8, 4) is 0 Å². The first-order valence-corrected chi connectivity index (χ1v) is 8.58. The Labute approximate surface area is 151 Å². The number of para-hydroxylation sites is 1. The Morgan fingerprint density at radius 1 is 1.15 bits per heavy atom. The second-order valence-corrected chi connectivity index (χ2v) is 5.99. The molecule has 6 nitrogen and oxygen atoms in total. The highest BCUT2D eigenvalue weighted by atomic mass is 16.5. The number of benzene rings is 2. The molecule has 0 radical (unpaired) electrons. The third kappa shape index (κ3) is 3.91. The van der Waals surface area contributed by atoms with Gasteiger partial charge >= 0.3 is 5.97 Å². The molecule has 0 atom stereocenters. The Hall–Kier alpha value is -3.15. The van der Waals surface area contributed by atoms with Crippen LogP contribution in [0.4, 0.5) is 11.4 Å². The fourth-order valence-corrected chi connectivity index (χ4v) is 2.89. The summed E-state index contributed by atoms with van der Waals surface area (Å²) in [5.74, 6) is -0.808. The lowest BCUT2D eigenvalue weighted by molar-refractivity contribution is -0.116. The number of carbonyl (C=O) groups excluding carboxylic acids is 3. The third-order valence-electron chi connectivity index (χ3n) is 4.16. The van der Waals surface area contributed by atoms with E-state index in [2.05, 4.69) is 10.6 Å². The molecule has 0 fully saturated rings. The maximum atomic E-state index is 12.6. The Balaban J connectivity index is 1.82. The minimum absolute atomic E-state index is 0.00989. The number of hydrogen-bond acceptors (Lipinski definition) is 4. The fourth-order valence-electron chi connectivity index (χ4n) is 2.89. The van der Waals surface area contributed by atoms with Crippen molar-refractivity contribution >= 4 is 29.2 Å². The number of fused-ring (bicyclic) bond motifs is 1. The van der Waals surface area contributed by atoms with Crippen LogP contribution in [-0.2, 0) is 16.0 Å². The van der Waals surface area contributed by atoms with Crippen molar-refractivity contribution in [2.45, 2.75) is 26.2 Å². The van der Waals surface area contributed by atoms with Gasteiger partial charge < -0.3 is 15.4 Å². The SMILES string of the molecule is CCOC(=O)c1ccccc1NC(=O)c1ccc2c(c1)CCCC(=O)N2. The summed E-state index contributed by atoms with van der Waals surface area (Å²) < 4.78 is 5.02. The van der Waals surface area contributed by atoms with Crippen LogP contribution in [0.1, 0.15) is 46.0 Å². The summed E-state index contributed by atoms with van der Waals surface area (Å²) in [4.78, 5) is 36.3. The van der Waals surface area contributed by atoms with Crippen molar-refractivity contribution in [2.75, 3.05) is 17.2 Å². The highest BCUT2D eigenvalue weighted by Crippen LogP contribution is 2.24. The predicted octanol–water partition coefficient (Wildman–Crippen LogP) is 3.39. The van der Waals surface area contributed by atoms with Crippen LogP contribution < -0.4 is 10.6 Å². The number of carbonyl (C=O) groups is 3. The molecule has 1 aliphatic rings. The monoisotopic (exact) mass is 352 g/mol. The van der Waals surface area contributed by atoms with Gasteiger partial charge in [-0.05, 0) is 55.7 Å². The molecular weight excluding hydrogens is 332 g/mol. The molecule has 2 amide bonds. The van der Waals surface area contributed by atoms with Gasteiger partial charge in [0.25, 0.3) is 5.91 Å².